The number of imidazole rings is 1. The van der Waals surface area contributed by atoms with Gasteiger partial charge in [0.05, 0.1) is 38.2 Å². The second kappa shape index (κ2) is 11.6. The summed E-state index contributed by atoms with van der Waals surface area (Å²) >= 11 is 0. The fourth-order valence-corrected chi connectivity index (χ4v) is 4.26. The molecule has 1 aliphatic rings. The van der Waals surface area contributed by atoms with Crippen LogP contribution in [-0.4, -0.2) is 51.7 Å². The summed E-state index contributed by atoms with van der Waals surface area (Å²) < 4.78 is 12.6. The minimum atomic E-state index is -0.986. The van der Waals surface area contributed by atoms with E-state index in [0.717, 1.165) is 36.2 Å². The van der Waals surface area contributed by atoms with Gasteiger partial charge in [-0.2, -0.15) is 0 Å². The van der Waals surface area contributed by atoms with Crippen LogP contribution in [0.4, 0.5) is 4.79 Å². The number of methoxy groups -OCH3 is 2. The van der Waals surface area contributed by atoms with Crippen molar-refractivity contribution in [1.29, 1.82) is 0 Å². The number of unbranched alkanes of at least 4 members (excludes halogenated alkanes) is 1. The van der Waals surface area contributed by atoms with Crippen LogP contribution in [-0.2, 0) is 24.3 Å². The van der Waals surface area contributed by atoms with Crippen molar-refractivity contribution in [3.8, 4) is 11.5 Å². The monoisotopic (exact) mass is 518 g/mol. The van der Waals surface area contributed by atoms with E-state index < -0.39 is 17.9 Å². The first-order valence-corrected chi connectivity index (χ1v) is 12.3. The summed E-state index contributed by atoms with van der Waals surface area (Å²) in [7, 11) is 3.08. The molecule has 0 saturated carbocycles. The molecule has 2 aromatic carbocycles. The van der Waals surface area contributed by atoms with Crippen LogP contribution in [0.2, 0.25) is 0 Å². The van der Waals surface area contributed by atoms with Crippen molar-refractivity contribution in [2.45, 2.75) is 39.3 Å². The number of aromatic carboxylic acids is 1. The molecule has 1 aliphatic heterocycles. The lowest BCUT2D eigenvalue weighted by Gasteiger charge is -2.17. The van der Waals surface area contributed by atoms with Crippen LogP contribution < -0.4 is 14.8 Å². The highest BCUT2D eigenvalue weighted by atomic mass is 16.5. The highest BCUT2D eigenvalue weighted by molar-refractivity contribution is 6.13. The van der Waals surface area contributed by atoms with E-state index in [0.29, 0.717) is 23.7 Å². The summed E-state index contributed by atoms with van der Waals surface area (Å²) in [6.07, 6.45) is 6.03. The maximum absolute atomic E-state index is 12.8. The molecule has 3 aromatic rings. The number of hydrogen-bond donors (Lipinski definition) is 2. The molecule has 0 bridgehead atoms. The lowest BCUT2D eigenvalue weighted by atomic mass is 10.1. The maximum Gasteiger partial charge on any atom is 0.335 e. The molecule has 198 valence electrons. The molecule has 1 saturated heterocycles. The number of carboxylic acid groups (broad SMARTS) is 1. The number of nitrogens with zero attached hydrogens (tertiary/aromatic N) is 3. The Bertz CT molecular complexity index is 1380. The minimum absolute atomic E-state index is 0.150. The lowest BCUT2D eigenvalue weighted by molar-refractivity contribution is -0.116. The standard InChI is InChI=1S/C28H30N4O6/c1-4-5-6-25-29-15-21(31(25)16-18-7-10-20(11-8-18)27(34)35)14-22-26(33)30-28(36)32(22)17-19-9-12-23(37-2)24(13-19)38-3/h7-15H,4-6,16-17H2,1-3H3,(H,34,35)(H,30,33,36)/b22-14-. The fraction of sp³-hybridized carbons (Fsp3) is 0.286. The van der Waals surface area contributed by atoms with Crippen LogP contribution in [0, 0.1) is 0 Å². The summed E-state index contributed by atoms with van der Waals surface area (Å²) in [5.74, 6) is 0.448. The van der Waals surface area contributed by atoms with E-state index in [-0.39, 0.29) is 17.8 Å². The number of rotatable bonds is 11. The smallest absolute Gasteiger partial charge is 0.335 e. The molecule has 3 amide bonds. The second-order valence-electron chi connectivity index (χ2n) is 8.86. The van der Waals surface area contributed by atoms with Gasteiger partial charge in [0.1, 0.15) is 11.5 Å². The van der Waals surface area contributed by atoms with E-state index in [2.05, 4.69) is 17.2 Å². The van der Waals surface area contributed by atoms with Gasteiger partial charge in [0.2, 0.25) is 0 Å². The molecule has 10 nitrogen and oxygen atoms in total. The molecule has 0 aliphatic carbocycles. The Morgan fingerprint density at radius 1 is 1.03 bits per heavy atom. The normalized spacial score (nSPS) is 14.2. The number of aryl methyl sites for hydroxylation is 1. The SMILES string of the molecule is CCCCc1ncc(/C=C2/C(=O)NC(=O)N2Cc2ccc(OC)c(OC)c2)n1Cc1ccc(C(=O)O)cc1. The van der Waals surface area contributed by atoms with E-state index in [1.54, 1.807) is 55.8 Å². The van der Waals surface area contributed by atoms with Crippen molar-refractivity contribution < 1.29 is 29.0 Å². The van der Waals surface area contributed by atoms with Crippen molar-refractivity contribution in [1.82, 2.24) is 19.8 Å². The summed E-state index contributed by atoms with van der Waals surface area (Å²) in [6, 6.07) is 11.5. The largest absolute Gasteiger partial charge is 0.493 e. The Balaban J connectivity index is 1.67. The van der Waals surface area contributed by atoms with Crippen molar-refractivity contribution in [2.24, 2.45) is 0 Å². The third-order valence-electron chi connectivity index (χ3n) is 6.33. The number of imide groups is 1. The molecule has 2 heterocycles. The van der Waals surface area contributed by atoms with Crippen LogP contribution in [0.25, 0.3) is 6.08 Å². The molecule has 1 fully saturated rings. The molecule has 4 rings (SSSR count). The van der Waals surface area contributed by atoms with Crippen molar-refractivity contribution in [2.75, 3.05) is 14.2 Å². The van der Waals surface area contributed by atoms with Gasteiger partial charge in [-0.15, -0.1) is 0 Å². The molecule has 0 unspecified atom stereocenters. The Hall–Kier alpha value is -4.60. The van der Waals surface area contributed by atoms with Gasteiger partial charge < -0.3 is 19.1 Å². The molecule has 10 heteroatoms. The van der Waals surface area contributed by atoms with Gasteiger partial charge in [-0.3, -0.25) is 15.0 Å². The number of benzene rings is 2. The average Bonchev–Trinajstić information content (AvgIpc) is 3.41. The van der Waals surface area contributed by atoms with Crippen LogP contribution in [0.3, 0.4) is 0 Å². The van der Waals surface area contributed by atoms with Crippen molar-refractivity contribution in [3.05, 3.63) is 82.6 Å². The summed E-state index contributed by atoms with van der Waals surface area (Å²) in [6.45, 7) is 2.68. The first-order valence-electron chi connectivity index (χ1n) is 12.3. The number of carbonyl (C=O) groups is 3. The Morgan fingerprint density at radius 2 is 1.74 bits per heavy atom. The lowest BCUT2D eigenvalue weighted by Crippen LogP contribution is -2.27. The molecular formula is C28H30N4O6. The molecule has 1 aromatic heterocycles. The molecule has 0 spiro atoms. The molecule has 38 heavy (non-hydrogen) atoms. The summed E-state index contributed by atoms with van der Waals surface area (Å²) in [5, 5.41) is 11.6. The van der Waals surface area contributed by atoms with Crippen LogP contribution in [0.15, 0.2) is 54.4 Å². The van der Waals surface area contributed by atoms with E-state index in [9.17, 15) is 19.5 Å². The Morgan fingerprint density at radius 3 is 2.39 bits per heavy atom. The first-order chi connectivity index (χ1) is 18.3. The molecule has 0 atom stereocenters. The number of hydrogen-bond acceptors (Lipinski definition) is 6. The van der Waals surface area contributed by atoms with Crippen LogP contribution in [0.1, 0.15) is 52.8 Å². The van der Waals surface area contributed by atoms with E-state index >= 15 is 0 Å². The predicted octanol–water partition coefficient (Wildman–Crippen LogP) is 4.08. The van der Waals surface area contributed by atoms with E-state index in [1.807, 2.05) is 10.6 Å². The van der Waals surface area contributed by atoms with Gasteiger partial charge in [0.25, 0.3) is 5.91 Å². The Kier molecular flexibility index (Phi) is 8.10. The molecular weight excluding hydrogens is 488 g/mol. The van der Waals surface area contributed by atoms with E-state index in [4.69, 9.17) is 9.47 Å². The number of nitrogens with one attached hydrogen (secondary N) is 1. The zero-order valence-corrected chi connectivity index (χ0v) is 21.6. The van der Waals surface area contributed by atoms with Gasteiger partial charge >= 0.3 is 12.0 Å². The van der Waals surface area contributed by atoms with Gasteiger partial charge in [-0.05, 0) is 47.9 Å². The first kappa shape index (κ1) is 26.5. The van der Waals surface area contributed by atoms with Gasteiger partial charge in [-0.25, -0.2) is 14.6 Å². The van der Waals surface area contributed by atoms with Crippen LogP contribution >= 0.6 is 0 Å². The number of urea groups is 1. The third kappa shape index (κ3) is 5.69. The fourth-order valence-electron chi connectivity index (χ4n) is 4.26. The highest BCUT2D eigenvalue weighted by Crippen LogP contribution is 2.29. The number of aromatic nitrogens is 2. The number of carbonyl (C=O) groups excluding carboxylic acids is 2. The summed E-state index contributed by atoms with van der Waals surface area (Å²) in [4.78, 5) is 42.7. The zero-order chi connectivity index (χ0) is 27.2. The highest BCUT2D eigenvalue weighted by Gasteiger charge is 2.33. The summed E-state index contributed by atoms with van der Waals surface area (Å²) in [5.41, 5.74) is 2.72. The zero-order valence-electron chi connectivity index (χ0n) is 21.6. The second-order valence-corrected chi connectivity index (χ2v) is 8.86. The maximum atomic E-state index is 12.8. The molecule has 0 radical (unpaired) electrons. The third-order valence-corrected chi connectivity index (χ3v) is 6.33. The number of carboxylic acids is 1. The van der Waals surface area contributed by atoms with Crippen LogP contribution in [0.5, 0.6) is 11.5 Å². The van der Waals surface area contributed by atoms with Crippen molar-refractivity contribution in [3.63, 3.8) is 0 Å². The Labute approximate surface area is 220 Å². The topological polar surface area (TPSA) is 123 Å². The quantitative estimate of drug-likeness (QED) is 0.290. The number of amides is 3. The number of ether oxygens (including phenoxy) is 2. The minimum Gasteiger partial charge on any atom is -0.493 e. The van der Waals surface area contributed by atoms with Gasteiger partial charge in [0, 0.05) is 13.0 Å². The van der Waals surface area contributed by atoms with E-state index in [1.165, 1.54) is 12.0 Å². The molecule has 2 N–H and O–H groups in total. The van der Waals surface area contributed by atoms with Gasteiger partial charge in [0.15, 0.2) is 11.5 Å². The van der Waals surface area contributed by atoms with Gasteiger partial charge in [-0.1, -0.05) is 31.5 Å². The van der Waals surface area contributed by atoms with Crippen molar-refractivity contribution >= 4 is 24.0 Å². The average molecular weight is 519 g/mol. The predicted molar refractivity (Wildman–Crippen MR) is 140 cm³/mol.